The number of hydrogen-bond acceptors (Lipinski definition) is 3. The van der Waals surface area contributed by atoms with Gasteiger partial charge >= 0.3 is 32.6 Å². The zero-order chi connectivity index (χ0) is 11.3. The molecule has 0 aromatic heterocycles. The third-order valence-corrected chi connectivity index (χ3v) is 1.02. The zero-order valence-corrected chi connectivity index (χ0v) is 7.50. The van der Waals surface area contributed by atoms with Crippen molar-refractivity contribution in [3.63, 3.8) is 0 Å². The topological polar surface area (TPSA) is 57.2 Å². The Balaban J connectivity index is -0.000000209. The summed E-state index contributed by atoms with van der Waals surface area (Å²) in [5.41, 5.74) is 0. The van der Waals surface area contributed by atoms with Gasteiger partial charge in [0.1, 0.15) is 15.9 Å². The van der Waals surface area contributed by atoms with Crippen molar-refractivity contribution in [1.82, 2.24) is 0 Å². The summed E-state index contributed by atoms with van der Waals surface area (Å²) in [5.74, 6) is -2.29. The molecular weight excluding hydrogens is 236 g/mol. The second-order valence-electron chi connectivity index (χ2n) is 1.56. The Bertz CT molecular complexity index is 223. The van der Waals surface area contributed by atoms with Crippen molar-refractivity contribution in [1.29, 1.82) is 0 Å². The molecule has 0 aliphatic carbocycles. The molecule has 0 bridgehead atoms. The molecule has 0 aromatic carbocycles. The van der Waals surface area contributed by atoms with Gasteiger partial charge in [-0.15, -0.1) is 0 Å². The second-order valence-corrected chi connectivity index (χ2v) is 2.97. The summed E-state index contributed by atoms with van der Waals surface area (Å²) in [4.78, 5) is 0. The summed E-state index contributed by atoms with van der Waals surface area (Å²) in [5, 5.41) is 0. The molecule has 0 atom stereocenters. The van der Waals surface area contributed by atoms with E-state index in [1.165, 1.54) is 0 Å². The van der Waals surface area contributed by atoms with Gasteiger partial charge in [-0.25, -0.2) is 8.42 Å². The van der Waals surface area contributed by atoms with E-state index in [0.29, 0.717) is 0 Å². The molecule has 0 rings (SSSR count). The molecular formula is C2H2BF6LiO3S. The summed E-state index contributed by atoms with van der Waals surface area (Å²) in [6.07, 6.45) is -4.92. The van der Waals surface area contributed by atoms with Gasteiger partial charge in [-0.3, -0.25) is 12.9 Å². The van der Waals surface area contributed by atoms with E-state index in [4.69, 9.17) is 0 Å². The fourth-order valence-corrected chi connectivity index (χ4v) is 0.601. The molecule has 0 unspecified atom stereocenters. The van der Waals surface area contributed by atoms with Gasteiger partial charge in [-0.1, -0.05) is 0 Å². The number of hydrogen-bond donors (Lipinski definition) is 0. The zero-order valence-electron chi connectivity index (χ0n) is 6.69. The standard InChI is InChI=1S/C2H3F3O3S.BF3.Li/c3-2(4,5)1-9(6,7)8;2-1(3)4;/h1H2,(H,6,7,8);;/q;;+1/p-1. The van der Waals surface area contributed by atoms with Crippen molar-refractivity contribution in [3.8, 4) is 0 Å². The predicted octanol–water partition coefficient (Wildman–Crippen LogP) is -2.02. The fraction of sp³-hybridized carbons (Fsp3) is 1.00. The van der Waals surface area contributed by atoms with Crippen molar-refractivity contribution < 1.29 is 57.9 Å². The van der Waals surface area contributed by atoms with Crippen LogP contribution in [0.1, 0.15) is 0 Å². The first kappa shape index (κ1) is 19.7. The summed E-state index contributed by atoms with van der Waals surface area (Å²) in [6, 6.07) is 0. The van der Waals surface area contributed by atoms with Crippen LogP contribution in [0.25, 0.3) is 0 Å². The normalized spacial score (nSPS) is 10.8. The largest absolute Gasteiger partial charge is 1.00 e. The van der Waals surface area contributed by atoms with Crippen LogP contribution in [0.4, 0.5) is 26.1 Å². The first-order valence-corrected chi connectivity index (χ1v) is 3.94. The van der Waals surface area contributed by atoms with Gasteiger partial charge in [0.15, 0.2) is 0 Å². The van der Waals surface area contributed by atoms with Gasteiger partial charge in [0.25, 0.3) is 0 Å². The van der Waals surface area contributed by atoms with Crippen LogP contribution in [-0.4, -0.2) is 32.4 Å². The molecule has 0 radical (unpaired) electrons. The molecule has 0 aliphatic rings. The fourth-order valence-electron chi connectivity index (χ4n) is 0.200. The molecule has 14 heavy (non-hydrogen) atoms. The van der Waals surface area contributed by atoms with Gasteiger partial charge in [0.05, 0.1) is 0 Å². The molecule has 0 spiro atoms. The molecule has 0 N–H and O–H groups in total. The van der Waals surface area contributed by atoms with Crippen molar-refractivity contribution in [3.05, 3.63) is 0 Å². The van der Waals surface area contributed by atoms with Gasteiger partial charge in [0, 0.05) is 0 Å². The minimum atomic E-state index is -5.16. The molecule has 3 nitrogen and oxygen atoms in total. The maximum absolute atomic E-state index is 11.0. The molecule has 0 aromatic rings. The van der Waals surface area contributed by atoms with Crippen LogP contribution >= 0.6 is 0 Å². The maximum Gasteiger partial charge on any atom is 1.00 e. The van der Waals surface area contributed by atoms with Crippen molar-refractivity contribution in [2.45, 2.75) is 6.18 Å². The van der Waals surface area contributed by atoms with Gasteiger partial charge in [-0.2, -0.15) is 13.2 Å². The Hall–Kier alpha value is 0.152. The number of rotatable bonds is 1. The Morgan fingerprint density at radius 3 is 1.36 bits per heavy atom. The van der Waals surface area contributed by atoms with E-state index in [0.717, 1.165) is 0 Å². The van der Waals surface area contributed by atoms with Gasteiger partial charge in [-0.05, 0) is 0 Å². The van der Waals surface area contributed by atoms with E-state index in [-0.39, 0.29) is 18.9 Å². The monoisotopic (exact) mass is 238 g/mol. The Kier molecular flexibility index (Phi) is 10.5. The van der Waals surface area contributed by atoms with Crippen LogP contribution < -0.4 is 18.9 Å². The minimum absolute atomic E-state index is 0. The molecule has 12 heteroatoms. The summed E-state index contributed by atoms with van der Waals surface area (Å²) >= 11 is 0. The van der Waals surface area contributed by atoms with E-state index in [2.05, 4.69) is 0 Å². The van der Waals surface area contributed by atoms with Crippen LogP contribution in [0.2, 0.25) is 0 Å². The summed E-state index contributed by atoms with van der Waals surface area (Å²) in [7, 11) is -8.82. The molecule has 0 amide bonds. The summed E-state index contributed by atoms with van der Waals surface area (Å²) in [6.45, 7) is 0. The minimum Gasteiger partial charge on any atom is -0.748 e. The third-order valence-electron chi connectivity index (χ3n) is 0.340. The van der Waals surface area contributed by atoms with Crippen LogP contribution in [0.5, 0.6) is 0 Å². The Morgan fingerprint density at radius 2 is 1.36 bits per heavy atom. The summed E-state index contributed by atoms with van der Waals surface area (Å²) < 4.78 is 90.0. The van der Waals surface area contributed by atoms with Gasteiger partial charge < -0.3 is 4.55 Å². The van der Waals surface area contributed by atoms with E-state index in [1.54, 1.807) is 0 Å². The number of alkyl halides is 3. The Morgan fingerprint density at radius 1 is 1.14 bits per heavy atom. The number of halogens is 6. The SMILES string of the molecule is FB(F)F.O=S(=O)([O-])CC(F)(F)F.[Li+]. The molecule has 0 saturated carbocycles. The van der Waals surface area contributed by atoms with Gasteiger partial charge in [0.2, 0.25) is 0 Å². The quantitative estimate of drug-likeness (QED) is 0.301. The van der Waals surface area contributed by atoms with E-state index in [9.17, 15) is 39.1 Å². The van der Waals surface area contributed by atoms with Crippen molar-refractivity contribution >= 4 is 17.7 Å². The molecule has 0 aliphatic heterocycles. The molecule has 0 saturated heterocycles. The van der Waals surface area contributed by atoms with Crippen LogP contribution in [-0.2, 0) is 10.1 Å². The average molecular weight is 238 g/mol. The molecule has 0 heterocycles. The first-order chi connectivity index (χ1) is 5.44. The van der Waals surface area contributed by atoms with E-state index >= 15 is 0 Å². The van der Waals surface area contributed by atoms with Crippen LogP contribution in [0.15, 0.2) is 0 Å². The van der Waals surface area contributed by atoms with E-state index < -0.39 is 29.6 Å². The van der Waals surface area contributed by atoms with Crippen molar-refractivity contribution in [2.75, 3.05) is 5.75 Å². The van der Waals surface area contributed by atoms with E-state index in [1.807, 2.05) is 0 Å². The molecule has 80 valence electrons. The predicted molar refractivity (Wildman–Crippen MR) is 29.7 cm³/mol. The Labute approximate surface area is 88.0 Å². The smallest absolute Gasteiger partial charge is 0.748 e. The first-order valence-electron chi connectivity index (χ1n) is 2.36. The van der Waals surface area contributed by atoms with Crippen LogP contribution in [0.3, 0.4) is 0 Å². The van der Waals surface area contributed by atoms with Crippen molar-refractivity contribution in [2.24, 2.45) is 0 Å². The second kappa shape index (κ2) is 7.44. The third kappa shape index (κ3) is 39.9. The van der Waals surface area contributed by atoms with Crippen LogP contribution in [0, 0.1) is 0 Å². The average Bonchev–Trinajstić information content (AvgIpc) is 1.47. The molecule has 0 fully saturated rings. The maximum atomic E-state index is 11.0.